The summed E-state index contributed by atoms with van der Waals surface area (Å²) in [5.74, 6) is 4.07. The van der Waals surface area contributed by atoms with E-state index in [1.807, 2.05) is 32.2 Å². The fourth-order valence-corrected chi connectivity index (χ4v) is 3.31. The van der Waals surface area contributed by atoms with Gasteiger partial charge in [-0.15, -0.1) is 10.2 Å². The van der Waals surface area contributed by atoms with Gasteiger partial charge in [-0.1, -0.05) is 6.07 Å². The molecule has 2 N–H and O–H groups in total. The molecule has 1 fully saturated rings. The summed E-state index contributed by atoms with van der Waals surface area (Å²) >= 11 is 0. The lowest BCUT2D eigenvalue weighted by atomic mass is 10.2. The van der Waals surface area contributed by atoms with Gasteiger partial charge in [0.05, 0.1) is 11.8 Å². The topological polar surface area (TPSA) is 73.9 Å². The first-order valence-electron chi connectivity index (χ1n) is 8.64. The molecule has 4 heterocycles. The van der Waals surface area contributed by atoms with Crippen LogP contribution in [0.15, 0.2) is 39.3 Å². The lowest BCUT2D eigenvalue weighted by molar-refractivity contribution is -0.915. The molecule has 1 saturated heterocycles. The molecule has 7 heteroatoms. The van der Waals surface area contributed by atoms with Gasteiger partial charge >= 0.3 is 0 Å². The molecule has 0 radical (unpaired) electrons. The standard InChI is InChI=1S/C18H21N5O2/c1-13-11-15(14(2)24-13)18-21-20-17(25-18)12-22-7-9-23(10-8-22)16-5-3-4-6-19-16/h3-6,11H,7-10,12H2,1-2H3/p+2. The van der Waals surface area contributed by atoms with Crippen LogP contribution in [0.4, 0.5) is 5.82 Å². The van der Waals surface area contributed by atoms with E-state index >= 15 is 0 Å². The number of hydrogen-bond donors (Lipinski definition) is 1. The van der Waals surface area contributed by atoms with Gasteiger partial charge in [0.2, 0.25) is 0 Å². The number of nitrogens with one attached hydrogen (secondary N) is 2. The maximum Gasteiger partial charge on any atom is 0.274 e. The Balaban J connectivity index is 1.37. The van der Waals surface area contributed by atoms with Crippen molar-refractivity contribution in [2.24, 2.45) is 0 Å². The van der Waals surface area contributed by atoms with E-state index in [9.17, 15) is 0 Å². The van der Waals surface area contributed by atoms with Crippen molar-refractivity contribution in [1.29, 1.82) is 0 Å². The third-order valence-electron chi connectivity index (χ3n) is 4.64. The van der Waals surface area contributed by atoms with Crippen molar-refractivity contribution < 1.29 is 18.7 Å². The highest BCUT2D eigenvalue weighted by Gasteiger charge is 2.27. The van der Waals surface area contributed by atoms with Crippen molar-refractivity contribution in [3.05, 3.63) is 47.9 Å². The minimum Gasteiger partial charge on any atom is -0.466 e. The van der Waals surface area contributed by atoms with E-state index in [0.717, 1.165) is 49.8 Å². The number of aryl methyl sites for hydroxylation is 2. The van der Waals surface area contributed by atoms with E-state index in [-0.39, 0.29) is 0 Å². The van der Waals surface area contributed by atoms with Gasteiger partial charge < -0.3 is 13.7 Å². The Bertz CT molecular complexity index is 834. The molecule has 0 bridgehead atoms. The molecule has 0 spiro atoms. The number of nitrogens with zero attached hydrogens (tertiary/aromatic N) is 3. The minimum atomic E-state index is 0.543. The second-order valence-electron chi connectivity index (χ2n) is 6.49. The highest BCUT2D eigenvalue weighted by molar-refractivity contribution is 5.55. The molecule has 0 aliphatic carbocycles. The second kappa shape index (κ2) is 6.68. The minimum absolute atomic E-state index is 0.543. The van der Waals surface area contributed by atoms with Crippen molar-refractivity contribution >= 4 is 5.82 Å². The second-order valence-corrected chi connectivity index (χ2v) is 6.49. The molecule has 3 aromatic heterocycles. The van der Waals surface area contributed by atoms with Gasteiger partial charge in [-0.05, 0) is 26.0 Å². The fraction of sp³-hybridized carbons (Fsp3) is 0.389. The van der Waals surface area contributed by atoms with E-state index < -0.39 is 0 Å². The SMILES string of the molecule is Cc1cc(-c2nnc(C[NH+]3CCN(c4cccc[nH+]4)CC3)o2)c(C)o1. The van der Waals surface area contributed by atoms with Crippen LogP contribution in [0.25, 0.3) is 11.5 Å². The largest absolute Gasteiger partial charge is 0.466 e. The average Bonchev–Trinajstić information content (AvgIpc) is 3.22. The Labute approximate surface area is 146 Å². The first kappa shape index (κ1) is 15.8. The molecule has 0 atom stereocenters. The summed E-state index contributed by atoms with van der Waals surface area (Å²) in [7, 11) is 0. The van der Waals surface area contributed by atoms with E-state index in [2.05, 4.69) is 32.2 Å². The van der Waals surface area contributed by atoms with Gasteiger partial charge in [0.1, 0.15) is 37.7 Å². The fourth-order valence-electron chi connectivity index (χ4n) is 3.31. The highest BCUT2D eigenvalue weighted by Crippen LogP contribution is 2.25. The molecule has 0 saturated carbocycles. The number of aromatic nitrogens is 3. The van der Waals surface area contributed by atoms with E-state index in [0.29, 0.717) is 11.8 Å². The number of H-pyrrole nitrogens is 1. The zero-order chi connectivity index (χ0) is 17.2. The van der Waals surface area contributed by atoms with E-state index in [1.165, 1.54) is 10.7 Å². The Kier molecular flexibility index (Phi) is 4.23. The van der Waals surface area contributed by atoms with Crippen LogP contribution in [0.1, 0.15) is 17.4 Å². The predicted octanol–water partition coefficient (Wildman–Crippen LogP) is 0.666. The maximum atomic E-state index is 5.86. The Hall–Kier alpha value is -2.67. The molecule has 25 heavy (non-hydrogen) atoms. The number of quaternary nitrogens is 1. The molecule has 1 aliphatic rings. The van der Waals surface area contributed by atoms with Crippen molar-refractivity contribution in [3.63, 3.8) is 0 Å². The number of rotatable bonds is 4. The van der Waals surface area contributed by atoms with Crippen molar-refractivity contribution in [2.75, 3.05) is 31.1 Å². The number of anilines is 1. The summed E-state index contributed by atoms with van der Waals surface area (Å²) in [4.78, 5) is 7.13. The zero-order valence-electron chi connectivity index (χ0n) is 14.6. The number of hydrogen-bond acceptors (Lipinski definition) is 5. The first-order chi connectivity index (χ1) is 12.2. The summed E-state index contributed by atoms with van der Waals surface area (Å²) in [5.41, 5.74) is 0.885. The number of aromatic amines is 1. The van der Waals surface area contributed by atoms with Gasteiger partial charge in [-0.2, -0.15) is 0 Å². The Morgan fingerprint density at radius 1 is 1.16 bits per heavy atom. The molecule has 0 amide bonds. The zero-order valence-corrected chi connectivity index (χ0v) is 14.6. The van der Waals surface area contributed by atoms with Gasteiger partial charge in [-0.25, -0.2) is 4.98 Å². The van der Waals surface area contributed by atoms with Crippen LogP contribution in [0.3, 0.4) is 0 Å². The van der Waals surface area contributed by atoms with Crippen molar-refractivity contribution in [3.8, 4) is 11.5 Å². The molecule has 1 aliphatic heterocycles. The van der Waals surface area contributed by atoms with Gasteiger partial charge in [-0.3, -0.25) is 4.90 Å². The first-order valence-corrected chi connectivity index (χ1v) is 8.64. The third kappa shape index (κ3) is 3.41. The lowest BCUT2D eigenvalue weighted by Gasteiger charge is -2.27. The summed E-state index contributed by atoms with van der Waals surface area (Å²) in [5, 5.41) is 8.40. The van der Waals surface area contributed by atoms with Crippen LogP contribution in [0.2, 0.25) is 0 Å². The quantitative estimate of drug-likeness (QED) is 0.755. The number of piperazine rings is 1. The smallest absolute Gasteiger partial charge is 0.274 e. The van der Waals surface area contributed by atoms with Crippen LogP contribution < -0.4 is 14.8 Å². The van der Waals surface area contributed by atoms with Crippen molar-refractivity contribution in [2.45, 2.75) is 20.4 Å². The van der Waals surface area contributed by atoms with Crippen LogP contribution in [-0.2, 0) is 6.54 Å². The highest BCUT2D eigenvalue weighted by atomic mass is 16.4. The molecule has 0 unspecified atom stereocenters. The van der Waals surface area contributed by atoms with Crippen LogP contribution in [-0.4, -0.2) is 36.4 Å². The normalized spacial score (nSPS) is 15.7. The number of pyridine rings is 1. The van der Waals surface area contributed by atoms with Gasteiger partial charge in [0, 0.05) is 6.07 Å². The van der Waals surface area contributed by atoms with Gasteiger partial charge in [0.15, 0.2) is 6.54 Å². The lowest BCUT2D eigenvalue weighted by Crippen LogP contribution is -3.13. The van der Waals surface area contributed by atoms with Crippen LogP contribution in [0.5, 0.6) is 0 Å². The molecule has 130 valence electrons. The van der Waals surface area contributed by atoms with Gasteiger partial charge in [0.25, 0.3) is 17.6 Å². The molecular weight excluding hydrogens is 318 g/mol. The molecule has 3 aromatic rings. The molecule has 0 aromatic carbocycles. The van der Waals surface area contributed by atoms with Crippen molar-refractivity contribution in [1.82, 2.24) is 10.2 Å². The Morgan fingerprint density at radius 3 is 2.68 bits per heavy atom. The third-order valence-corrected chi connectivity index (χ3v) is 4.64. The van der Waals surface area contributed by atoms with Crippen LogP contribution in [0, 0.1) is 13.8 Å². The molecule has 7 nitrogen and oxygen atoms in total. The Morgan fingerprint density at radius 2 is 2.00 bits per heavy atom. The maximum absolute atomic E-state index is 5.86. The molecule has 4 rings (SSSR count). The summed E-state index contributed by atoms with van der Waals surface area (Å²) in [6.07, 6.45) is 1.97. The molecular formula is C18H23N5O2+2. The van der Waals surface area contributed by atoms with E-state index in [4.69, 9.17) is 8.83 Å². The average molecular weight is 341 g/mol. The monoisotopic (exact) mass is 341 g/mol. The summed E-state index contributed by atoms with van der Waals surface area (Å²) < 4.78 is 11.4. The van der Waals surface area contributed by atoms with E-state index in [1.54, 1.807) is 0 Å². The predicted molar refractivity (Wildman–Crippen MR) is 91.1 cm³/mol. The summed E-state index contributed by atoms with van der Waals surface area (Å²) in [6, 6.07) is 8.12. The van der Waals surface area contributed by atoms with Crippen LogP contribution >= 0.6 is 0 Å². The summed E-state index contributed by atoms with van der Waals surface area (Å²) in [6.45, 7) is 8.70. The number of furan rings is 1.